The number of ether oxygens (including phenoxy) is 1. The molecule has 2 atom stereocenters. The molecule has 0 amide bonds. The third-order valence-corrected chi connectivity index (χ3v) is 2.77. The lowest BCUT2D eigenvalue weighted by Gasteiger charge is -2.20. The zero-order chi connectivity index (χ0) is 12.3. The molecule has 0 saturated heterocycles. The highest BCUT2D eigenvalue weighted by atomic mass is 16.6. The van der Waals surface area contributed by atoms with Gasteiger partial charge in [0.15, 0.2) is 0 Å². The Kier molecular flexibility index (Phi) is 3.94. The molecule has 1 N–H and O–H groups in total. The molecule has 0 aromatic rings. The fraction of sp³-hybridized carbons (Fsp3) is 0.833. The van der Waals surface area contributed by atoms with Crippen molar-refractivity contribution >= 4 is 11.9 Å². The molecule has 92 valence electrons. The Morgan fingerprint density at radius 3 is 2.38 bits per heavy atom. The van der Waals surface area contributed by atoms with Gasteiger partial charge in [0.1, 0.15) is 5.60 Å². The number of carboxylic acids is 1. The van der Waals surface area contributed by atoms with E-state index in [0.717, 1.165) is 6.42 Å². The SMILES string of the molecule is CC(C)(C)OC(=O)CC1CCC(C(=O)O)C1. The summed E-state index contributed by atoms with van der Waals surface area (Å²) in [7, 11) is 0. The van der Waals surface area contributed by atoms with Crippen molar-refractivity contribution in [3.63, 3.8) is 0 Å². The Balaban J connectivity index is 2.34. The quantitative estimate of drug-likeness (QED) is 0.752. The van der Waals surface area contributed by atoms with E-state index in [1.807, 2.05) is 20.8 Å². The van der Waals surface area contributed by atoms with Crippen LogP contribution in [0.4, 0.5) is 0 Å². The van der Waals surface area contributed by atoms with Crippen molar-refractivity contribution < 1.29 is 19.4 Å². The number of carbonyl (C=O) groups excluding carboxylic acids is 1. The lowest BCUT2D eigenvalue weighted by atomic mass is 10.0. The van der Waals surface area contributed by atoms with Gasteiger partial charge in [-0.25, -0.2) is 0 Å². The third-order valence-electron chi connectivity index (χ3n) is 2.77. The summed E-state index contributed by atoms with van der Waals surface area (Å²) >= 11 is 0. The van der Waals surface area contributed by atoms with Gasteiger partial charge in [-0.1, -0.05) is 0 Å². The summed E-state index contributed by atoms with van der Waals surface area (Å²) < 4.78 is 5.21. The Morgan fingerprint density at radius 2 is 1.94 bits per heavy atom. The summed E-state index contributed by atoms with van der Waals surface area (Å²) in [4.78, 5) is 22.3. The van der Waals surface area contributed by atoms with Crippen molar-refractivity contribution in [2.24, 2.45) is 11.8 Å². The van der Waals surface area contributed by atoms with Gasteiger partial charge in [-0.2, -0.15) is 0 Å². The van der Waals surface area contributed by atoms with E-state index in [4.69, 9.17) is 9.84 Å². The first-order valence-corrected chi connectivity index (χ1v) is 5.72. The van der Waals surface area contributed by atoms with E-state index >= 15 is 0 Å². The van der Waals surface area contributed by atoms with Crippen LogP contribution >= 0.6 is 0 Å². The van der Waals surface area contributed by atoms with Crippen molar-refractivity contribution in [3.05, 3.63) is 0 Å². The molecule has 0 heterocycles. The molecule has 1 aliphatic carbocycles. The Morgan fingerprint density at radius 1 is 1.31 bits per heavy atom. The minimum Gasteiger partial charge on any atom is -0.481 e. The summed E-state index contributed by atoms with van der Waals surface area (Å²) in [5.41, 5.74) is -0.456. The molecule has 1 rings (SSSR count). The molecule has 0 aromatic carbocycles. The minimum absolute atomic E-state index is 0.177. The molecule has 4 nitrogen and oxygen atoms in total. The van der Waals surface area contributed by atoms with Crippen LogP contribution in [-0.2, 0) is 14.3 Å². The second-order valence-corrected chi connectivity index (χ2v) is 5.50. The zero-order valence-corrected chi connectivity index (χ0v) is 10.2. The average molecular weight is 228 g/mol. The topological polar surface area (TPSA) is 63.6 Å². The fourth-order valence-corrected chi connectivity index (χ4v) is 2.10. The molecule has 16 heavy (non-hydrogen) atoms. The second-order valence-electron chi connectivity index (χ2n) is 5.50. The molecule has 1 aliphatic rings. The molecule has 0 spiro atoms. The van der Waals surface area contributed by atoms with Crippen LogP contribution < -0.4 is 0 Å². The summed E-state index contributed by atoms with van der Waals surface area (Å²) in [5.74, 6) is -1.06. The van der Waals surface area contributed by atoms with Gasteiger partial charge in [0.2, 0.25) is 0 Å². The highest BCUT2D eigenvalue weighted by molar-refractivity contribution is 5.72. The maximum absolute atomic E-state index is 11.5. The number of aliphatic carboxylic acids is 1. The van der Waals surface area contributed by atoms with Gasteiger partial charge < -0.3 is 9.84 Å². The number of carboxylic acid groups (broad SMARTS) is 1. The third kappa shape index (κ3) is 4.21. The van der Waals surface area contributed by atoms with Crippen LogP contribution in [0.15, 0.2) is 0 Å². The van der Waals surface area contributed by atoms with Crippen LogP contribution in [0.5, 0.6) is 0 Å². The van der Waals surface area contributed by atoms with Gasteiger partial charge in [-0.05, 0) is 46.0 Å². The number of hydrogen-bond donors (Lipinski definition) is 1. The molecular weight excluding hydrogens is 208 g/mol. The lowest BCUT2D eigenvalue weighted by Crippen LogP contribution is -2.25. The largest absolute Gasteiger partial charge is 0.481 e. The van der Waals surface area contributed by atoms with E-state index in [1.165, 1.54) is 0 Å². The first-order valence-electron chi connectivity index (χ1n) is 5.72. The lowest BCUT2D eigenvalue weighted by molar-refractivity contribution is -0.156. The minimum atomic E-state index is -0.744. The molecule has 4 heteroatoms. The van der Waals surface area contributed by atoms with Crippen molar-refractivity contribution in [3.8, 4) is 0 Å². The monoisotopic (exact) mass is 228 g/mol. The normalized spacial score (nSPS) is 25.4. The van der Waals surface area contributed by atoms with E-state index in [2.05, 4.69) is 0 Å². The standard InChI is InChI=1S/C12H20O4/c1-12(2,3)16-10(13)7-8-4-5-9(6-8)11(14)15/h8-9H,4-7H2,1-3H3,(H,14,15). The van der Waals surface area contributed by atoms with Crippen molar-refractivity contribution in [1.82, 2.24) is 0 Å². The van der Waals surface area contributed by atoms with Crippen molar-refractivity contribution in [2.75, 3.05) is 0 Å². The van der Waals surface area contributed by atoms with Crippen LogP contribution in [0.25, 0.3) is 0 Å². The van der Waals surface area contributed by atoms with Gasteiger partial charge in [0.25, 0.3) is 0 Å². The van der Waals surface area contributed by atoms with Crippen molar-refractivity contribution in [1.29, 1.82) is 0 Å². The number of carbonyl (C=O) groups is 2. The van der Waals surface area contributed by atoms with E-state index in [0.29, 0.717) is 19.3 Å². The molecule has 1 saturated carbocycles. The highest BCUT2D eigenvalue weighted by Crippen LogP contribution is 2.33. The number of rotatable bonds is 3. The Bertz CT molecular complexity index is 277. The smallest absolute Gasteiger partial charge is 0.306 e. The van der Waals surface area contributed by atoms with E-state index in [1.54, 1.807) is 0 Å². The Labute approximate surface area is 96.0 Å². The van der Waals surface area contributed by atoms with Crippen LogP contribution in [0.2, 0.25) is 0 Å². The first kappa shape index (κ1) is 13.0. The fourth-order valence-electron chi connectivity index (χ4n) is 2.10. The Hall–Kier alpha value is -1.06. The maximum atomic E-state index is 11.5. The van der Waals surface area contributed by atoms with Crippen LogP contribution in [0.3, 0.4) is 0 Å². The summed E-state index contributed by atoms with van der Waals surface area (Å²) in [6.07, 6.45) is 2.45. The van der Waals surface area contributed by atoms with Gasteiger partial charge in [-0.15, -0.1) is 0 Å². The molecular formula is C12H20O4. The van der Waals surface area contributed by atoms with E-state index in [9.17, 15) is 9.59 Å². The maximum Gasteiger partial charge on any atom is 0.306 e. The molecule has 0 aliphatic heterocycles. The van der Waals surface area contributed by atoms with Crippen LogP contribution in [0, 0.1) is 11.8 Å². The number of hydrogen-bond acceptors (Lipinski definition) is 3. The van der Waals surface area contributed by atoms with E-state index in [-0.39, 0.29) is 17.8 Å². The predicted molar refractivity (Wildman–Crippen MR) is 58.9 cm³/mol. The average Bonchev–Trinajstić information content (AvgIpc) is 2.48. The predicted octanol–water partition coefficient (Wildman–Crippen LogP) is 2.22. The zero-order valence-electron chi connectivity index (χ0n) is 10.2. The molecule has 0 radical (unpaired) electrons. The summed E-state index contributed by atoms with van der Waals surface area (Å²) in [6.45, 7) is 5.50. The molecule has 2 unspecified atom stereocenters. The van der Waals surface area contributed by atoms with Crippen LogP contribution in [0.1, 0.15) is 46.5 Å². The molecule has 0 aromatic heterocycles. The van der Waals surface area contributed by atoms with Gasteiger partial charge >= 0.3 is 11.9 Å². The first-order chi connectivity index (χ1) is 7.28. The second kappa shape index (κ2) is 4.85. The van der Waals surface area contributed by atoms with Crippen LogP contribution in [-0.4, -0.2) is 22.6 Å². The molecule has 1 fully saturated rings. The van der Waals surface area contributed by atoms with E-state index < -0.39 is 11.6 Å². The summed E-state index contributed by atoms with van der Waals surface area (Å²) in [6, 6.07) is 0. The molecule has 0 bridgehead atoms. The highest BCUT2D eigenvalue weighted by Gasteiger charge is 2.31. The van der Waals surface area contributed by atoms with Gasteiger partial charge in [-0.3, -0.25) is 9.59 Å². The number of esters is 1. The van der Waals surface area contributed by atoms with Gasteiger partial charge in [0.05, 0.1) is 5.92 Å². The van der Waals surface area contributed by atoms with Gasteiger partial charge in [0, 0.05) is 6.42 Å². The van der Waals surface area contributed by atoms with Crippen molar-refractivity contribution in [2.45, 2.75) is 52.1 Å². The summed E-state index contributed by atoms with van der Waals surface area (Å²) in [5, 5.41) is 8.84.